The zero-order chi connectivity index (χ0) is 11.5. The predicted molar refractivity (Wildman–Crippen MR) is 65.7 cm³/mol. The smallest absolute Gasteiger partial charge is 0.267 e. The molecule has 0 saturated carbocycles. The first-order valence-electron chi connectivity index (χ1n) is 4.74. The lowest BCUT2D eigenvalue weighted by molar-refractivity contribution is 0.103. The number of carbonyl (C=O) groups excluding carboxylic acids is 1. The van der Waals surface area contributed by atoms with Gasteiger partial charge in [-0.3, -0.25) is 9.78 Å². The maximum atomic E-state index is 11.8. The molecule has 5 heteroatoms. The van der Waals surface area contributed by atoms with Gasteiger partial charge >= 0.3 is 0 Å². The number of nitrogens with zero attached hydrogens (tertiary/aromatic N) is 1. The van der Waals surface area contributed by atoms with Crippen LogP contribution in [0.15, 0.2) is 29.8 Å². The molecule has 0 bridgehead atoms. The van der Waals surface area contributed by atoms with Crippen LogP contribution >= 0.6 is 11.3 Å². The Morgan fingerprint density at radius 1 is 1.50 bits per heavy atom. The van der Waals surface area contributed by atoms with Crippen LogP contribution in [0.2, 0.25) is 0 Å². The molecule has 2 aromatic rings. The van der Waals surface area contributed by atoms with E-state index >= 15 is 0 Å². The van der Waals surface area contributed by atoms with Crippen molar-refractivity contribution in [2.24, 2.45) is 0 Å². The summed E-state index contributed by atoms with van der Waals surface area (Å²) in [6.07, 6.45) is 1.69. The Bertz CT molecular complexity index is 521. The molecule has 0 radical (unpaired) electrons. The van der Waals surface area contributed by atoms with Crippen LogP contribution in [0, 0.1) is 6.92 Å². The van der Waals surface area contributed by atoms with E-state index in [0.717, 1.165) is 5.69 Å². The average Bonchev–Trinajstić information content (AvgIpc) is 2.68. The molecule has 0 unspecified atom stereocenters. The highest BCUT2D eigenvalue weighted by Gasteiger charge is 2.12. The number of anilines is 2. The topological polar surface area (TPSA) is 68.0 Å². The highest BCUT2D eigenvalue weighted by molar-refractivity contribution is 7.12. The van der Waals surface area contributed by atoms with Gasteiger partial charge in [0.1, 0.15) is 4.88 Å². The Morgan fingerprint density at radius 3 is 2.94 bits per heavy atom. The van der Waals surface area contributed by atoms with Gasteiger partial charge in [-0.25, -0.2) is 0 Å². The lowest BCUT2D eigenvalue weighted by Gasteiger charge is -2.06. The van der Waals surface area contributed by atoms with Crippen molar-refractivity contribution in [2.45, 2.75) is 6.92 Å². The van der Waals surface area contributed by atoms with E-state index < -0.39 is 0 Å². The highest BCUT2D eigenvalue weighted by atomic mass is 32.1. The summed E-state index contributed by atoms with van der Waals surface area (Å²) in [5.41, 5.74) is 7.66. The maximum absolute atomic E-state index is 11.8. The van der Waals surface area contributed by atoms with Crippen molar-refractivity contribution in [1.29, 1.82) is 0 Å². The lowest BCUT2D eigenvalue weighted by Crippen LogP contribution is -2.13. The minimum atomic E-state index is -0.191. The fraction of sp³-hybridized carbons (Fsp3) is 0.0909. The first-order valence-corrected chi connectivity index (χ1v) is 5.62. The van der Waals surface area contributed by atoms with E-state index in [-0.39, 0.29) is 5.91 Å². The molecule has 16 heavy (non-hydrogen) atoms. The summed E-state index contributed by atoms with van der Waals surface area (Å²) in [5.74, 6) is -0.191. The summed E-state index contributed by atoms with van der Waals surface area (Å²) in [4.78, 5) is 16.5. The van der Waals surface area contributed by atoms with Gasteiger partial charge in [-0.15, -0.1) is 11.3 Å². The normalized spacial score (nSPS) is 10.1. The Balaban J connectivity index is 2.21. The number of hydrogen-bond donors (Lipinski definition) is 2. The van der Waals surface area contributed by atoms with Gasteiger partial charge in [0.05, 0.1) is 17.1 Å². The van der Waals surface area contributed by atoms with Crippen LogP contribution < -0.4 is 11.1 Å². The molecule has 0 aliphatic rings. The second kappa shape index (κ2) is 4.32. The number of carbonyl (C=O) groups is 1. The van der Waals surface area contributed by atoms with Crippen molar-refractivity contribution in [3.63, 3.8) is 0 Å². The summed E-state index contributed by atoms with van der Waals surface area (Å²) in [6.45, 7) is 1.84. The van der Waals surface area contributed by atoms with E-state index in [1.54, 1.807) is 23.7 Å². The van der Waals surface area contributed by atoms with Crippen molar-refractivity contribution >= 4 is 28.6 Å². The molecule has 3 N–H and O–H groups in total. The number of nitrogens with one attached hydrogen (secondary N) is 1. The molecule has 0 aliphatic heterocycles. The Hall–Kier alpha value is -1.88. The number of pyridine rings is 1. The Labute approximate surface area is 97.1 Å². The molecule has 0 aliphatic carbocycles. The predicted octanol–water partition coefficient (Wildman–Crippen LogP) is 2.29. The summed E-state index contributed by atoms with van der Waals surface area (Å²) in [6, 6.07) is 5.31. The Kier molecular flexibility index (Phi) is 2.87. The molecule has 0 saturated heterocycles. The van der Waals surface area contributed by atoms with E-state index in [0.29, 0.717) is 16.3 Å². The van der Waals surface area contributed by atoms with Gasteiger partial charge < -0.3 is 11.1 Å². The number of hydrogen-bond acceptors (Lipinski definition) is 4. The van der Waals surface area contributed by atoms with Crippen LogP contribution in [0.3, 0.4) is 0 Å². The number of amides is 1. The zero-order valence-electron chi connectivity index (χ0n) is 8.73. The fourth-order valence-electron chi connectivity index (χ4n) is 1.30. The van der Waals surface area contributed by atoms with Crippen molar-refractivity contribution in [3.8, 4) is 0 Å². The molecule has 0 atom stereocenters. The number of aromatic nitrogens is 1. The van der Waals surface area contributed by atoms with Crippen LogP contribution in [-0.2, 0) is 0 Å². The molecule has 2 aromatic heterocycles. The number of thiophene rings is 1. The first kappa shape index (κ1) is 10.6. The average molecular weight is 233 g/mol. The summed E-state index contributed by atoms with van der Waals surface area (Å²) in [5, 5.41) is 4.57. The molecule has 2 rings (SSSR count). The molecular weight excluding hydrogens is 222 g/mol. The third kappa shape index (κ3) is 2.04. The van der Waals surface area contributed by atoms with Gasteiger partial charge in [0.2, 0.25) is 0 Å². The third-order valence-corrected chi connectivity index (χ3v) is 3.09. The SMILES string of the molecule is Cc1ncccc1NC(=O)c1sccc1N. The molecule has 2 heterocycles. The molecule has 0 spiro atoms. The van der Waals surface area contributed by atoms with E-state index in [2.05, 4.69) is 10.3 Å². The largest absolute Gasteiger partial charge is 0.397 e. The zero-order valence-corrected chi connectivity index (χ0v) is 9.54. The fourth-order valence-corrected chi connectivity index (χ4v) is 2.01. The molecule has 1 amide bonds. The van der Waals surface area contributed by atoms with Crippen molar-refractivity contribution < 1.29 is 4.79 Å². The molecule has 0 fully saturated rings. The quantitative estimate of drug-likeness (QED) is 0.836. The standard InChI is InChI=1S/C11H11N3OS/c1-7-9(3-2-5-13-7)14-11(15)10-8(12)4-6-16-10/h2-6H,12H2,1H3,(H,14,15). The van der Waals surface area contributed by atoms with Crippen molar-refractivity contribution in [2.75, 3.05) is 11.1 Å². The van der Waals surface area contributed by atoms with Gasteiger partial charge in [0.15, 0.2) is 0 Å². The number of aryl methyl sites for hydroxylation is 1. The molecule has 0 aromatic carbocycles. The highest BCUT2D eigenvalue weighted by Crippen LogP contribution is 2.21. The molecular formula is C11H11N3OS. The van der Waals surface area contributed by atoms with Gasteiger partial charge in [-0.05, 0) is 30.5 Å². The Morgan fingerprint density at radius 2 is 2.31 bits per heavy atom. The maximum Gasteiger partial charge on any atom is 0.267 e. The second-order valence-corrected chi connectivity index (χ2v) is 4.21. The monoisotopic (exact) mass is 233 g/mol. The lowest BCUT2D eigenvalue weighted by atomic mass is 10.3. The molecule has 82 valence electrons. The van der Waals surface area contributed by atoms with E-state index in [1.165, 1.54) is 11.3 Å². The minimum absolute atomic E-state index is 0.191. The first-order chi connectivity index (χ1) is 7.68. The van der Waals surface area contributed by atoms with E-state index in [4.69, 9.17) is 5.73 Å². The van der Waals surface area contributed by atoms with Crippen molar-refractivity contribution in [3.05, 3.63) is 40.3 Å². The summed E-state index contributed by atoms with van der Waals surface area (Å²) < 4.78 is 0. The van der Waals surface area contributed by atoms with Crippen LogP contribution in [0.25, 0.3) is 0 Å². The second-order valence-electron chi connectivity index (χ2n) is 3.30. The van der Waals surface area contributed by atoms with E-state index in [9.17, 15) is 4.79 Å². The third-order valence-electron chi connectivity index (χ3n) is 2.16. The minimum Gasteiger partial charge on any atom is -0.397 e. The van der Waals surface area contributed by atoms with Crippen LogP contribution in [-0.4, -0.2) is 10.9 Å². The van der Waals surface area contributed by atoms with Crippen LogP contribution in [0.1, 0.15) is 15.4 Å². The number of nitrogen functional groups attached to an aromatic ring is 1. The number of rotatable bonds is 2. The van der Waals surface area contributed by atoms with E-state index in [1.807, 2.05) is 13.0 Å². The van der Waals surface area contributed by atoms with Gasteiger partial charge in [-0.2, -0.15) is 0 Å². The van der Waals surface area contributed by atoms with Crippen LogP contribution in [0.5, 0.6) is 0 Å². The van der Waals surface area contributed by atoms with Crippen LogP contribution in [0.4, 0.5) is 11.4 Å². The number of nitrogens with two attached hydrogens (primary N) is 1. The summed E-state index contributed by atoms with van der Waals surface area (Å²) in [7, 11) is 0. The van der Waals surface area contributed by atoms with Crippen molar-refractivity contribution in [1.82, 2.24) is 4.98 Å². The van der Waals surface area contributed by atoms with Gasteiger partial charge in [0, 0.05) is 6.20 Å². The molecule has 4 nitrogen and oxygen atoms in total. The summed E-state index contributed by atoms with van der Waals surface area (Å²) >= 11 is 1.33. The van der Waals surface area contributed by atoms with Gasteiger partial charge in [0.25, 0.3) is 5.91 Å². The van der Waals surface area contributed by atoms with Gasteiger partial charge in [-0.1, -0.05) is 0 Å².